The number of phosphoric acid groups is 1. The van der Waals surface area contributed by atoms with Crippen molar-refractivity contribution >= 4 is 7.82 Å². The highest BCUT2D eigenvalue weighted by Gasteiger charge is 2.30. The van der Waals surface area contributed by atoms with Crippen molar-refractivity contribution in [1.82, 2.24) is 0 Å². The number of hydrogen-bond acceptors (Lipinski definition) is 4. The SMILES string of the molecule is CC(C)OP(=O)(OCCC(C)(C)C)OC(C)C. The van der Waals surface area contributed by atoms with Gasteiger partial charge in [0.2, 0.25) is 0 Å². The Bertz CT molecular complexity index is 242. The number of hydrogen-bond donors (Lipinski definition) is 0. The third-order valence-electron chi connectivity index (χ3n) is 1.78. The molecule has 5 heteroatoms. The zero-order chi connectivity index (χ0) is 13.7. The largest absolute Gasteiger partial charge is 0.475 e. The predicted octanol–water partition coefficient (Wildman–Crippen LogP) is 4.40. The quantitative estimate of drug-likeness (QED) is 0.641. The minimum atomic E-state index is -3.42. The van der Waals surface area contributed by atoms with Crippen LogP contribution in [0.4, 0.5) is 0 Å². The zero-order valence-corrected chi connectivity index (χ0v) is 13.0. The van der Waals surface area contributed by atoms with Crippen molar-refractivity contribution in [3.8, 4) is 0 Å². The van der Waals surface area contributed by atoms with Gasteiger partial charge in [-0.2, -0.15) is 0 Å². The summed E-state index contributed by atoms with van der Waals surface area (Å²) in [5.74, 6) is 0. The Balaban J connectivity index is 4.34. The van der Waals surface area contributed by atoms with Crippen molar-refractivity contribution in [3.05, 3.63) is 0 Å². The van der Waals surface area contributed by atoms with Gasteiger partial charge in [0.15, 0.2) is 0 Å². The van der Waals surface area contributed by atoms with Crippen LogP contribution in [0, 0.1) is 5.41 Å². The Hall–Kier alpha value is 0.110. The minimum absolute atomic E-state index is 0.139. The Morgan fingerprint density at radius 2 is 1.41 bits per heavy atom. The van der Waals surface area contributed by atoms with Gasteiger partial charge in [0.25, 0.3) is 0 Å². The molecule has 0 aliphatic carbocycles. The second kappa shape index (κ2) is 6.89. The first kappa shape index (κ1) is 17.1. The van der Waals surface area contributed by atoms with E-state index in [2.05, 4.69) is 20.8 Å². The van der Waals surface area contributed by atoms with Gasteiger partial charge in [-0.25, -0.2) is 4.57 Å². The summed E-state index contributed by atoms with van der Waals surface area (Å²) in [5.41, 5.74) is 0.139. The second-order valence-corrected chi connectivity index (χ2v) is 7.47. The lowest BCUT2D eigenvalue weighted by Gasteiger charge is -2.24. The molecule has 0 aromatic carbocycles. The van der Waals surface area contributed by atoms with Gasteiger partial charge >= 0.3 is 7.82 Å². The highest BCUT2D eigenvalue weighted by molar-refractivity contribution is 7.48. The van der Waals surface area contributed by atoms with E-state index in [0.717, 1.165) is 6.42 Å². The molecule has 0 rings (SSSR count). The summed E-state index contributed by atoms with van der Waals surface area (Å²) in [6, 6.07) is 0. The summed E-state index contributed by atoms with van der Waals surface area (Å²) in [6.45, 7) is 13.9. The highest BCUT2D eigenvalue weighted by atomic mass is 31.2. The molecule has 0 radical (unpaired) electrons. The normalized spacial score (nSPS) is 13.7. The van der Waals surface area contributed by atoms with Crippen LogP contribution in [0.5, 0.6) is 0 Å². The summed E-state index contributed by atoms with van der Waals surface area (Å²) < 4.78 is 28.1. The third-order valence-corrected chi connectivity index (χ3v) is 3.64. The molecule has 0 bridgehead atoms. The van der Waals surface area contributed by atoms with E-state index in [9.17, 15) is 4.57 Å². The fraction of sp³-hybridized carbons (Fsp3) is 1.00. The van der Waals surface area contributed by atoms with Crippen LogP contribution < -0.4 is 0 Å². The molecule has 104 valence electrons. The van der Waals surface area contributed by atoms with Gasteiger partial charge in [0, 0.05) is 0 Å². The summed E-state index contributed by atoms with van der Waals surface area (Å²) in [6.07, 6.45) is 0.434. The van der Waals surface area contributed by atoms with E-state index in [1.165, 1.54) is 0 Å². The van der Waals surface area contributed by atoms with Crippen molar-refractivity contribution in [2.75, 3.05) is 6.61 Å². The number of phosphoric ester groups is 1. The van der Waals surface area contributed by atoms with Crippen LogP contribution in [0.3, 0.4) is 0 Å². The Morgan fingerprint density at radius 1 is 1.00 bits per heavy atom. The van der Waals surface area contributed by atoms with Crippen molar-refractivity contribution in [1.29, 1.82) is 0 Å². The summed E-state index contributed by atoms with van der Waals surface area (Å²) in [7, 11) is -3.42. The van der Waals surface area contributed by atoms with Crippen molar-refractivity contribution < 1.29 is 18.1 Å². The summed E-state index contributed by atoms with van der Waals surface area (Å²) in [4.78, 5) is 0. The summed E-state index contributed by atoms with van der Waals surface area (Å²) >= 11 is 0. The fourth-order valence-electron chi connectivity index (χ4n) is 1.07. The van der Waals surface area contributed by atoms with E-state index in [1.54, 1.807) is 0 Å². The fourth-order valence-corrected chi connectivity index (χ4v) is 2.58. The molecule has 0 aromatic rings. The summed E-state index contributed by atoms with van der Waals surface area (Å²) in [5, 5.41) is 0. The molecule has 0 aliphatic heterocycles. The standard InChI is InChI=1S/C12H27O4P/c1-10(2)15-17(13,16-11(3)4)14-9-8-12(5,6)7/h10-11H,8-9H2,1-7H3. The van der Waals surface area contributed by atoms with Gasteiger partial charge in [-0.15, -0.1) is 0 Å². The van der Waals surface area contributed by atoms with E-state index in [4.69, 9.17) is 13.6 Å². The molecule has 0 spiro atoms. The molecule has 0 N–H and O–H groups in total. The molecular formula is C12H27O4P. The first-order valence-electron chi connectivity index (χ1n) is 6.15. The Kier molecular flexibility index (Phi) is 6.93. The highest BCUT2D eigenvalue weighted by Crippen LogP contribution is 2.51. The molecule has 4 nitrogen and oxygen atoms in total. The smallest absolute Gasteiger partial charge is 0.287 e. The lowest BCUT2D eigenvalue weighted by atomic mass is 9.93. The van der Waals surface area contributed by atoms with Gasteiger partial charge in [0.05, 0.1) is 18.8 Å². The topological polar surface area (TPSA) is 44.8 Å². The van der Waals surface area contributed by atoms with E-state index in [1.807, 2.05) is 27.7 Å². The van der Waals surface area contributed by atoms with Crippen LogP contribution in [0.1, 0.15) is 54.9 Å². The molecule has 0 fully saturated rings. The molecule has 0 amide bonds. The zero-order valence-electron chi connectivity index (χ0n) is 12.1. The average Bonchev–Trinajstić information content (AvgIpc) is 1.95. The Labute approximate surface area is 106 Å². The van der Waals surface area contributed by atoms with Crippen molar-refractivity contribution in [2.24, 2.45) is 5.41 Å². The maximum absolute atomic E-state index is 12.3. The first-order chi connectivity index (χ1) is 7.54. The maximum Gasteiger partial charge on any atom is 0.475 e. The molecule has 0 saturated heterocycles. The van der Waals surface area contributed by atoms with Crippen molar-refractivity contribution in [3.63, 3.8) is 0 Å². The van der Waals surface area contributed by atoms with E-state index < -0.39 is 7.82 Å². The van der Waals surface area contributed by atoms with Gasteiger partial charge < -0.3 is 0 Å². The molecule has 0 saturated carbocycles. The van der Waals surface area contributed by atoms with E-state index >= 15 is 0 Å². The van der Waals surface area contributed by atoms with Crippen LogP contribution in [0.15, 0.2) is 0 Å². The molecular weight excluding hydrogens is 239 g/mol. The molecule has 0 aliphatic rings. The average molecular weight is 266 g/mol. The van der Waals surface area contributed by atoms with Crippen LogP contribution in [0.2, 0.25) is 0 Å². The van der Waals surface area contributed by atoms with Gasteiger partial charge in [-0.05, 0) is 39.5 Å². The lowest BCUT2D eigenvalue weighted by Crippen LogP contribution is -2.13. The monoisotopic (exact) mass is 266 g/mol. The van der Waals surface area contributed by atoms with Gasteiger partial charge in [-0.3, -0.25) is 13.6 Å². The van der Waals surface area contributed by atoms with E-state index in [-0.39, 0.29) is 17.6 Å². The second-order valence-electron chi connectivity index (χ2n) is 5.90. The van der Waals surface area contributed by atoms with Gasteiger partial charge in [-0.1, -0.05) is 20.8 Å². The van der Waals surface area contributed by atoms with Crippen LogP contribution in [-0.2, 0) is 18.1 Å². The molecule has 0 heterocycles. The molecule has 17 heavy (non-hydrogen) atoms. The third kappa shape index (κ3) is 9.78. The van der Waals surface area contributed by atoms with Crippen LogP contribution in [0.25, 0.3) is 0 Å². The predicted molar refractivity (Wildman–Crippen MR) is 70.1 cm³/mol. The first-order valence-corrected chi connectivity index (χ1v) is 7.61. The minimum Gasteiger partial charge on any atom is -0.287 e. The Morgan fingerprint density at radius 3 is 1.71 bits per heavy atom. The molecule has 0 aromatic heterocycles. The lowest BCUT2D eigenvalue weighted by molar-refractivity contribution is 0.0666. The molecule has 0 atom stereocenters. The number of rotatable bonds is 7. The van der Waals surface area contributed by atoms with Crippen molar-refractivity contribution in [2.45, 2.75) is 67.1 Å². The maximum atomic E-state index is 12.3. The molecule has 0 unspecified atom stereocenters. The van der Waals surface area contributed by atoms with Crippen LogP contribution >= 0.6 is 7.82 Å². The van der Waals surface area contributed by atoms with Crippen LogP contribution in [-0.4, -0.2) is 18.8 Å². The van der Waals surface area contributed by atoms with Gasteiger partial charge in [0.1, 0.15) is 0 Å². The van der Waals surface area contributed by atoms with E-state index in [0.29, 0.717) is 6.61 Å².